The summed E-state index contributed by atoms with van der Waals surface area (Å²) in [6.07, 6.45) is 1.07. The molecule has 0 aromatic carbocycles. The number of nitrogens with one attached hydrogen (secondary N) is 2. The molecule has 1 unspecified atom stereocenters. The van der Waals surface area contributed by atoms with Crippen molar-refractivity contribution in [2.45, 2.75) is 20.3 Å². The first-order valence-corrected chi connectivity index (χ1v) is 7.29. The highest BCUT2D eigenvalue weighted by molar-refractivity contribution is 7.09. The molecule has 4 nitrogen and oxygen atoms in total. The van der Waals surface area contributed by atoms with Gasteiger partial charge in [-0.1, -0.05) is 13.0 Å². The first kappa shape index (κ1) is 15.0. The van der Waals surface area contributed by atoms with Crippen LogP contribution in [0, 0.1) is 5.92 Å². The van der Waals surface area contributed by atoms with Crippen molar-refractivity contribution in [1.82, 2.24) is 10.6 Å². The van der Waals surface area contributed by atoms with E-state index in [0.717, 1.165) is 25.5 Å². The maximum Gasteiger partial charge on any atom is 0.191 e. The van der Waals surface area contributed by atoms with Crippen molar-refractivity contribution in [2.24, 2.45) is 10.9 Å². The van der Waals surface area contributed by atoms with E-state index in [0.29, 0.717) is 12.5 Å². The van der Waals surface area contributed by atoms with Crippen LogP contribution >= 0.6 is 11.3 Å². The molecule has 0 spiro atoms. The Balaban J connectivity index is 2.37. The van der Waals surface area contributed by atoms with Gasteiger partial charge in [0, 0.05) is 24.5 Å². The third-order valence-corrected chi connectivity index (χ3v) is 3.34. The van der Waals surface area contributed by atoms with Crippen LogP contribution in [-0.4, -0.2) is 37.3 Å². The Bertz CT molecular complexity index is 338. The Kier molecular flexibility index (Phi) is 7.44. The van der Waals surface area contributed by atoms with Gasteiger partial charge in [0.15, 0.2) is 5.96 Å². The second kappa shape index (κ2) is 8.94. The smallest absolute Gasteiger partial charge is 0.191 e. The molecule has 1 rings (SSSR count). The standard InChI is InChI=1S/C13H23N3OS/c1-3-14-13(15-6-7-17)16-10-11(2)9-12-5-4-8-18-12/h4-5,8,11,17H,3,6-7,9-10H2,1-2H3,(H2,14,15,16). The molecule has 0 aliphatic heterocycles. The highest BCUT2D eigenvalue weighted by Gasteiger charge is 2.04. The van der Waals surface area contributed by atoms with Gasteiger partial charge in [-0.3, -0.25) is 4.99 Å². The third-order valence-electron chi connectivity index (χ3n) is 2.44. The van der Waals surface area contributed by atoms with Gasteiger partial charge in [-0.25, -0.2) is 0 Å². The Hall–Kier alpha value is -1.07. The first-order valence-electron chi connectivity index (χ1n) is 6.41. The van der Waals surface area contributed by atoms with Crippen molar-refractivity contribution < 1.29 is 5.11 Å². The van der Waals surface area contributed by atoms with Crippen LogP contribution in [0.25, 0.3) is 0 Å². The van der Waals surface area contributed by atoms with Crippen LogP contribution in [0.2, 0.25) is 0 Å². The molecule has 0 bridgehead atoms. The second-order valence-electron chi connectivity index (χ2n) is 4.26. The SMILES string of the molecule is CCNC(=NCC(C)Cc1cccs1)NCCO. The van der Waals surface area contributed by atoms with Crippen molar-refractivity contribution in [2.75, 3.05) is 26.2 Å². The molecule has 3 N–H and O–H groups in total. The van der Waals surface area contributed by atoms with Gasteiger partial charge in [0.25, 0.3) is 0 Å². The topological polar surface area (TPSA) is 56.7 Å². The molecular weight excluding hydrogens is 246 g/mol. The molecule has 18 heavy (non-hydrogen) atoms. The molecule has 0 aliphatic rings. The molecule has 0 saturated heterocycles. The number of hydrogen-bond acceptors (Lipinski definition) is 3. The van der Waals surface area contributed by atoms with E-state index in [4.69, 9.17) is 5.11 Å². The lowest BCUT2D eigenvalue weighted by atomic mass is 10.1. The summed E-state index contributed by atoms with van der Waals surface area (Å²) < 4.78 is 0. The van der Waals surface area contributed by atoms with E-state index in [1.807, 2.05) is 6.92 Å². The summed E-state index contributed by atoms with van der Waals surface area (Å²) in [6.45, 7) is 6.51. The molecule has 0 amide bonds. The van der Waals surface area contributed by atoms with Crippen LogP contribution in [0.4, 0.5) is 0 Å². The molecule has 0 aliphatic carbocycles. The summed E-state index contributed by atoms with van der Waals surface area (Å²) in [5, 5.41) is 17.1. The lowest BCUT2D eigenvalue weighted by molar-refractivity contribution is 0.300. The normalized spacial score (nSPS) is 13.4. The van der Waals surface area contributed by atoms with Crippen LogP contribution in [0.5, 0.6) is 0 Å². The van der Waals surface area contributed by atoms with E-state index in [-0.39, 0.29) is 6.61 Å². The van der Waals surface area contributed by atoms with E-state index in [2.05, 4.69) is 40.1 Å². The maximum absolute atomic E-state index is 8.79. The minimum atomic E-state index is 0.120. The minimum absolute atomic E-state index is 0.120. The van der Waals surface area contributed by atoms with Gasteiger partial charge in [-0.05, 0) is 30.7 Å². The van der Waals surface area contributed by atoms with Gasteiger partial charge < -0.3 is 15.7 Å². The zero-order chi connectivity index (χ0) is 13.2. The summed E-state index contributed by atoms with van der Waals surface area (Å²) in [5.74, 6) is 1.30. The molecule has 1 heterocycles. The second-order valence-corrected chi connectivity index (χ2v) is 5.29. The molecule has 5 heteroatoms. The summed E-state index contributed by atoms with van der Waals surface area (Å²) in [5.41, 5.74) is 0. The summed E-state index contributed by atoms with van der Waals surface area (Å²) in [4.78, 5) is 5.93. The predicted octanol–water partition coefficient (Wildman–Crippen LogP) is 1.47. The van der Waals surface area contributed by atoms with Crippen molar-refractivity contribution in [3.05, 3.63) is 22.4 Å². The van der Waals surface area contributed by atoms with Gasteiger partial charge in [0.05, 0.1) is 6.61 Å². The molecule has 1 atom stereocenters. The predicted molar refractivity (Wildman–Crippen MR) is 78.3 cm³/mol. The van der Waals surface area contributed by atoms with E-state index >= 15 is 0 Å². The Morgan fingerprint density at radius 1 is 1.50 bits per heavy atom. The molecule has 1 aromatic heterocycles. The zero-order valence-corrected chi connectivity index (χ0v) is 12.0. The molecular formula is C13H23N3OS. The van der Waals surface area contributed by atoms with Crippen molar-refractivity contribution in [3.8, 4) is 0 Å². The molecule has 0 saturated carbocycles. The van der Waals surface area contributed by atoms with Gasteiger partial charge in [0.2, 0.25) is 0 Å². The lowest BCUT2D eigenvalue weighted by Crippen LogP contribution is -2.39. The Morgan fingerprint density at radius 3 is 2.94 bits per heavy atom. The number of guanidine groups is 1. The number of aliphatic imine (C=N–C) groups is 1. The van der Waals surface area contributed by atoms with Gasteiger partial charge >= 0.3 is 0 Å². The quantitative estimate of drug-likeness (QED) is 0.519. The Morgan fingerprint density at radius 2 is 2.33 bits per heavy atom. The molecule has 0 fully saturated rings. The molecule has 102 valence electrons. The van der Waals surface area contributed by atoms with E-state index in [1.165, 1.54) is 4.88 Å². The maximum atomic E-state index is 8.79. The van der Waals surface area contributed by atoms with Gasteiger partial charge in [0.1, 0.15) is 0 Å². The van der Waals surface area contributed by atoms with Crippen molar-refractivity contribution in [3.63, 3.8) is 0 Å². The number of hydrogen-bond donors (Lipinski definition) is 3. The first-order chi connectivity index (χ1) is 8.76. The summed E-state index contributed by atoms with van der Waals surface area (Å²) >= 11 is 1.80. The number of rotatable bonds is 7. The van der Waals surface area contributed by atoms with Crippen molar-refractivity contribution >= 4 is 17.3 Å². The highest BCUT2D eigenvalue weighted by atomic mass is 32.1. The average molecular weight is 269 g/mol. The summed E-state index contributed by atoms with van der Waals surface area (Å²) in [7, 11) is 0. The van der Waals surface area contributed by atoms with E-state index in [1.54, 1.807) is 11.3 Å². The van der Waals surface area contributed by atoms with E-state index in [9.17, 15) is 0 Å². The fourth-order valence-corrected chi connectivity index (χ4v) is 2.47. The van der Waals surface area contributed by atoms with Crippen LogP contribution in [0.1, 0.15) is 18.7 Å². The third kappa shape index (κ3) is 6.02. The zero-order valence-electron chi connectivity index (χ0n) is 11.1. The van der Waals surface area contributed by atoms with E-state index < -0.39 is 0 Å². The van der Waals surface area contributed by atoms with Crippen LogP contribution in [-0.2, 0) is 6.42 Å². The molecule has 0 radical (unpaired) electrons. The van der Waals surface area contributed by atoms with Crippen LogP contribution < -0.4 is 10.6 Å². The minimum Gasteiger partial charge on any atom is -0.395 e. The number of aliphatic hydroxyl groups excluding tert-OH is 1. The molecule has 1 aromatic rings. The fourth-order valence-electron chi connectivity index (χ4n) is 1.60. The van der Waals surface area contributed by atoms with Crippen LogP contribution in [0.15, 0.2) is 22.5 Å². The fraction of sp³-hybridized carbons (Fsp3) is 0.615. The summed E-state index contributed by atoms with van der Waals surface area (Å²) in [6, 6.07) is 4.25. The lowest BCUT2D eigenvalue weighted by Gasteiger charge is -2.12. The van der Waals surface area contributed by atoms with Gasteiger partial charge in [-0.2, -0.15) is 0 Å². The Labute approximate surface area is 113 Å². The average Bonchev–Trinajstić information content (AvgIpc) is 2.85. The number of aliphatic hydroxyl groups is 1. The number of nitrogens with zero attached hydrogens (tertiary/aromatic N) is 1. The highest BCUT2D eigenvalue weighted by Crippen LogP contribution is 2.14. The van der Waals surface area contributed by atoms with Gasteiger partial charge in [-0.15, -0.1) is 11.3 Å². The number of thiophene rings is 1. The van der Waals surface area contributed by atoms with Crippen LogP contribution in [0.3, 0.4) is 0 Å². The largest absolute Gasteiger partial charge is 0.395 e. The monoisotopic (exact) mass is 269 g/mol. The van der Waals surface area contributed by atoms with Crippen molar-refractivity contribution in [1.29, 1.82) is 0 Å².